The number of hydrogen-bond donors (Lipinski definition) is 3. The van der Waals surface area contributed by atoms with Crippen molar-refractivity contribution in [3.05, 3.63) is 83.2 Å². The Morgan fingerprint density at radius 1 is 0.938 bits per heavy atom. The zero-order valence-corrected chi connectivity index (χ0v) is 18.5. The smallest absolute Gasteiger partial charge is 0.255 e. The maximum atomic E-state index is 13.4. The Morgan fingerprint density at radius 3 is 2.44 bits per heavy atom. The molecule has 7 heteroatoms. The Labute approximate surface area is 186 Å². The van der Waals surface area contributed by atoms with E-state index in [1.165, 1.54) is 25.3 Å². The summed E-state index contributed by atoms with van der Waals surface area (Å²) in [7, 11) is 1.49. The van der Waals surface area contributed by atoms with Crippen LogP contribution in [0.5, 0.6) is 5.75 Å². The third-order valence-electron chi connectivity index (χ3n) is 4.96. The van der Waals surface area contributed by atoms with Gasteiger partial charge in [0.05, 0.1) is 12.8 Å². The van der Waals surface area contributed by atoms with Crippen LogP contribution in [0, 0.1) is 19.7 Å². The second kappa shape index (κ2) is 9.96. The van der Waals surface area contributed by atoms with Gasteiger partial charge in [-0.3, -0.25) is 9.59 Å². The Balaban J connectivity index is 1.73. The van der Waals surface area contributed by atoms with Gasteiger partial charge in [0.15, 0.2) is 0 Å². The molecule has 0 fully saturated rings. The van der Waals surface area contributed by atoms with E-state index in [0.717, 1.165) is 22.9 Å². The topological polar surface area (TPSA) is 79.5 Å². The molecular weight excluding hydrogens is 409 g/mol. The molecule has 3 rings (SSSR count). The van der Waals surface area contributed by atoms with Crippen molar-refractivity contribution in [1.82, 2.24) is 0 Å². The minimum atomic E-state index is -0.546. The fraction of sp³-hybridized carbons (Fsp3) is 0.200. The Morgan fingerprint density at radius 2 is 1.72 bits per heavy atom. The third-order valence-corrected chi connectivity index (χ3v) is 4.96. The van der Waals surface area contributed by atoms with E-state index in [0.29, 0.717) is 17.1 Å². The highest BCUT2D eigenvalue weighted by Gasteiger charge is 2.16. The van der Waals surface area contributed by atoms with Gasteiger partial charge >= 0.3 is 0 Å². The highest BCUT2D eigenvalue weighted by atomic mass is 19.1. The van der Waals surface area contributed by atoms with Gasteiger partial charge in [0.1, 0.15) is 17.6 Å². The second-order valence-electron chi connectivity index (χ2n) is 7.55. The van der Waals surface area contributed by atoms with Crippen molar-refractivity contribution in [3.63, 3.8) is 0 Å². The fourth-order valence-corrected chi connectivity index (χ4v) is 3.15. The molecule has 0 aromatic heterocycles. The number of rotatable bonds is 7. The quantitative estimate of drug-likeness (QED) is 0.480. The molecule has 3 aromatic carbocycles. The van der Waals surface area contributed by atoms with Gasteiger partial charge in [0.2, 0.25) is 5.91 Å². The predicted octanol–water partition coefficient (Wildman–Crippen LogP) is 5.14. The van der Waals surface area contributed by atoms with Crippen LogP contribution in [0.25, 0.3) is 0 Å². The molecule has 0 bridgehead atoms. The van der Waals surface area contributed by atoms with E-state index in [1.54, 1.807) is 25.1 Å². The van der Waals surface area contributed by atoms with Crippen LogP contribution in [0.1, 0.15) is 28.4 Å². The van der Waals surface area contributed by atoms with Crippen LogP contribution in [0.2, 0.25) is 0 Å². The highest BCUT2D eigenvalue weighted by Crippen LogP contribution is 2.29. The lowest BCUT2D eigenvalue weighted by Crippen LogP contribution is -2.32. The molecule has 0 aliphatic heterocycles. The van der Waals surface area contributed by atoms with Gasteiger partial charge < -0.3 is 20.7 Å². The number of hydrogen-bond acceptors (Lipinski definition) is 4. The summed E-state index contributed by atoms with van der Waals surface area (Å²) in [4.78, 5) is 25.2. The highest BCUT2D eigenvalue weighted by molar-refractivity contribution is 6.05. The Kier molecular flexibility index (Phi) is 7.10. The Hall–Kier alpha value is -3.87. The summed E-state index contributed by atoms with van der Waals surface area (Å²) in [6.45, 7) is 5.65. The van der Waals surface area contributed by atoms with E-state index in [-0.39, 0.29) is 11.5 Å². The first-order chi connectivity index (χ1) is 15.3. The summed E-state index contributed by atoms with van der Waals surface area (Å²) >= 11 is 0. The maximum Gasteiger partial charge on any atom is 0.255 e. The van der Waals surface area contributed by atoms with Gasteiger partial charge in [-0.05, 0) is 74.4 Å². The lowest BCUT2D eigenvalue weighted by Gasteiger charge is -2.18. The number of benzene rings is 3. The van der Waals surface area contributed by atoms with Crippen LogP contribution in [0.4, 0.5) is 21.5 Å². The van der Waals surface area contributed by atoms with Crippen LogP contribution in [-0.4, -0.2) is 25.0 Å². The molecule has 0 saturated heterocycles. The molecule has 0 heterocycles. The van der Waals surface area contributed by atoms with Crippen LogP contribution in [0.15, 0.2) is 60.7 Å². The molecule has 166 valence electrons. The maximum absolute atomic E-state index is 13.4. The summed E-state index contributed by atoms with van der Waals surface area (Å²) in [6.07, 6.45) is 0. The number of halogens is 1. The zero-order chi connectivity index (χ0) is 23.3. The van der Waals surface area contributed by atoms with Crippen molar-refractivity contribution in [2.45, 2.75) is 26.8 Å². The molecule has 1 unspecified atom stereocenters. The normalized spacial score (nSPS) is 11.4. The molecule has 3 N–H and O–H groups in total. The monoisotopic (exact) mass is 435 g/mol. The van der Waals surface area contributed by atoms with E-state index >= 15 is 0 Å². The van der Waals surface area contributed by atoms with Crippen LogP contribution < -0.4 is 20.7 Å². The molecule has 3 aromatic rings. The van der Waals surface area contributed by atoms with Crippen molar-refractivity contribution in [3.8, 4) is 5.75 Å². The number of aryl methyl sites for hydroxylation is 2. The third kappa shape index (κ3) is 5.63. The van der Waals surface area contributed by atoms with E-state index < -0.39 is 17.8 Å². The summed E-state index contributed by atoms with van der Waals surface area (Å²) < 4.78 is 18.8. The first-order valence-electron chi connectivity index (χ1n) is 10.2. The van der Waals surface area contributed by atoms with Gasteiger partial charge in [-0.2, -0.15) is 0 Å². The number of nitrogens with one attached hydrogen (secondary N) is 3. The number of methoxy groups -OCH3 is 1. The number of ether oxygens (including phenoxy) is 1. The zero-order valence-electron chi connectivity index (χ0n) is 18.5. The second-order valence-corrected chi connectivity index (χ2v) is 7.55. The fourth-order valence-electron chi connectivity index (χ4n) is 3.15. The average molecular weight is 435 g/mol. The summed E-state index contributed by atoms with van der Waals surface area (Å²) in [6, 6.07) is 15.8. The van der Waals surface area contributed by atoms with E-state index in [1.807, 2.05) is 32.0 Å². The van der Waals surface area contributed by atoms with Crippen molar-refractivity contribution >= 4 is 28.9 Å². The Bertz CT molecular complexity index is 1150. The summed E-state index contributed by atoms with van der Waals surface area (Å²) in [5.74, 6) is -0.725. The summed E-state index contributed by atoms with van der Waals surface area (Å²) in [5.41, 5.74) is 3.99. The van der Waals surface area contributed by atoms with Crippen molar-refractivity contribution in [2.75, 3.05) is 23.1 Å². The molecule has 32 heavy (non-hydrogen) atoms. The lowest BCUT2D eigenvalue weighted by molar-refractivity contribution is -0.116. The van der Waals surface area contributed by atoms with E-state index in [9.17, 15) is 14.0 Å². The standard InChI is InChI=1S/C25H26FN3O3/c1-15-8-9-16(2)21(12-15)28-24(30)17(3)27-20-10-11-23(32-4)22(14-20)29-25(31)18-6-5-7-19(26)13-18/h5-14,17,27H,1-4H3,(H,28,30)(H,29,31). The van der Waals surface area contributed by atoms with E-state index in [2.05, 4.69) is 16.0 Å². The number of carbonyl (C=O) groups excluding carboxylic acids is 2. The minimum Gasteiger partial charge on any atom is -0.495 e. The first kappa shape index (κ1) is 22.8. The largest absolute Gasteiger partial charge is 0.495 e. The van der Waals surface area contributed by atoms with E-state index in [4.69, 9.17) is 4.74 Å². The predicted molar refractivity (Wildman–Crippen MR) is 125 cm³/mol. The molecule has 2 amide bonds. The van der Waals surface area contributed by atoms with Crippen LogP contribution in [0.3, 0.4) is 0 Å². The molecule has 0 radical (unpaired) electrons. The lowest BCUT2D eigenvalue weighted by atomic mass is 10.1. The molecule has 1 atom stereocenters. The van der Waals surface area contributed by atoms with Crippen molar-refractivity contribution in [1.29, 1.82) is 0 Å². The van der Waals surface area contributed by atoms with Crippen molar-refractivity contribution in [2.24, 2.45) is 0 Å². The summed E-state index contributed by atoms with van der Waals surface area (Å²) in [5, 5.41) is 8.80. The SMILES string of the molecule is COc1ccc(NC(C)C(=O)Nc2cc(C)ccc2C)cc1NC(=O)c1cccc(F)c1. The van der Waals surface area contributed by atoms with Crippen LogP contribution >= 0.6 is 0 Å². The van der Waals surface area contributed by atoms with Gasteiger partial charge in [0.25, 0.3) is 5.91 Å². The minimum absolute atomic E-state index is 0.187. The number of amides is 2. The van der Waals surface area contributed by atoms with Gasteiger partial charge in [-0.25, -0.2) is 4.39 Å². The number of carbonyl (C=O) groups is 2. The van der Waals surface area contributed by atoms with Gasteiger partial charge in [-0.1, -0.05) is 18.2 Å². The van der Waals surface area contributed by atoms with Crippen LogP contribution in [-0.2, 0) is 4.79 Å². The van der Waals surface area contributed by atoms with Gasteiger partial charge in [-0.15, -0.1) is 0 Å². The van der Waals surface area contributed by atoms with Gasteiger partial charge in [0, 0.05) is 16.9 Å². The molecule has 0 spiro atoms. The molecular formula is C25H26FN3O3. The number of anilines is 3. The molecule has 0 saturated carbocycles. The van der Waals surface area contributed by atoms with Crippen molar-refractivity contribution < 1.29 is 18.7 Å². The molecule has 6 nitrogen and oxygen atoms in total. The first-order valence-corrected chi connectivity index (χ1v) is 10.2. The average Bonchev–Trinajstić information content (AvgIpc) is 2.76. The molecule has 0 aliphatic carbocycles. The molecule has 0 aliphatic rings.